The molecule has 0 rings (SSSR count). The molecule has 2 nitrogen and oxygen atoms in total. The monoisotopic (exact) mass is 126 g/mol. The Hall–Kier alpha value is -0.465. The number of ether oxygens (including phenoxy) is 1. The Morgan fingerprint density at radius 2 is 2.33 bits per heavy atom. The van der Waals surface area contributed by atoms with Crippen LogP contribution < -0.4 is 0 Å². The van der Waals surface area contributed by atoms with Gasteiger partial charge < -0.3 is 4.74 Å². The van der Waals surface area contributed by atoms with Crippen LogP contribution in [0, 0.1) is 0 Å². The highest BCUT2D eigenvalue weighted by atomic mass is 16.5. The van der Waals surface area contributed by atoms with Crippen LogP contribution in [0.15, 0.2) is 0 Å². The zero-order chi connectivity index (χ0) is 7.11. The van der Waals surface area contributed by atoms with E-state index in [2.05, 4.69) is 4.74 Å². The Bertz CT molecular complexity index is 83.1. The second-order valence-electron chi connectivity index (χ2n) is 1.70. The zero-order valence-corrected chi connectivity index (χ0v) is 5.72. The second-order valence-corrected chi connectivity index (χ2v) is 1.70. The van der Waals surface area contributed by atoms with Gasteiger partial charge >= 0.3 is 5.97 Å². The van der Waals surface area contributed by atoms with E-state index in [0.717, 1.165) is 6.42 Å². The first-order valence-electron chi connectivity index (χ1n) is 3.17. The van der Waals surface area contributed by atoms with Gasteiger partial charge in [-0.05, 0) is 6.92 Å². The number of hydrogen-bond donors (Lipinski definition) is 0. The van der Waals surface area contributed by atoms with Crippen molar-refractivity contribution >= 4 is 13.8 Å². The number of carbonyl (C=O) groups is 1. The molecule has 0 N–H and O–H groups in total. The highest BCUT2D eigenvalue weighted by molar-refractivity contribution is 6.08. The second kappa shape index (κ2) is 5.67. The van der Waals surface area contributed by atoms with E-state index in [1.807, 2.05) is 0 Å². The van der Waals surface area contributed by atoms with Crippen LogP contribution in [0.2, 0.25) is 6.32 Å². The van der Waals surface area contributed by atoms with Crippen molar-refractivity contribution in [1.29, 1.82) is 0 Å². The van der Waals surface area contributed by atoms with Crippen LogP contribution in [-0.4, -0.2) is 20.4 Å². The van der Waals surface area contributed by atoms with E-state index in [1.54, 1.807) is 6.92 Å². The van der Waals surface area contributed by atoms with Crippen LogP contribution in [0.3, 0.4) is 0 Å². The lowest BCUT2D eigenvalue weighted by Crippen LogP contribution is -2.02. The molecule has 3 heteroatoms. The zero-order valence-electron chi connectivity index (χ0n) is 5.72. The first kappa shape index (κ1) is 8.53. The summed E-state index contributed by atoms with van der Waals surface area (Å²) < 4.78 is 4.65. The minimum atomic E-state index is -0.150. The van der Waals surface area contributed by atoms with Crippen molar-refractivity contribution in [3.63, 3.8) is 0 Å². The van der Waals surface area contributed by atoms with Gasteiger partial charge in [0.05, 0.1) is 14.5 Å². The molecule has 0 aliphatic rings. The van der Waals surface area contributed by atoms with Crippen LogP contribution in [0.4, 0.5) is 0 Å². The highest BCUT2D eigenvalue weighted by Gasteiger charge is 1.97. The normalized spacial score (nSPS) is 9.00. The van der Waals surface area contributed by atoms with Gasteiger partial charge in [-0.1, -0.05) is 12.7 Å². The van der Waals surface area contributed by atoms with E-state index in [4.69, 9.17) is 7.85 Å². The van der Waals surface area contributed by atoms with Crippen molar-refractivity contribution in [2.24, 2.45) is 0 Å². The van der Waals surface area contributed by atoms with Gasteiger partial charge in [0.25, 0.3) is 0 Å². The van der Waals surface area contributed by atoms with E-state index >= 15 is 0 Å². The Morgan fingerprint density at radius 1 is 1.67 bits per heavy atom. The molecule has 0 bridgehead atoms. The number of rotatable bonds is 4. The van der Waals surface area contributed by atoms with E-state index in [0.29, 0.717) is 19.3 Å². The minimum absolute atomic E-state index is 0.150. The maximum absolute atomic E-state index is 10.5. The largest absolute Gasteiger partial charge is 0.466 e. The van der Waals surface area contributed by atoms with E-state index < -0.39 is 0 Å². The van der Waals surface area contributed by atoms with Crippen LogP contribution in [-0.2, 0) is 9.53 Å². The van der Waals surface area contributed by atoms with Crippen molar-refractivity contribution in [2.75, 3.05) is 6.61 Å². The van der Waals surface area contributed by atoms with E-state index in [-0.39, 0.29) is 5.97 Å². The summed E-state index contributed by atoms with van der Waals surface area (Å²) in [5.74, 6) is -0.150. The molecular weight excluding hydrogens is 115 g/mol. The molecule has 0 heterocycles. The van der Waals surface area contributed by atoms with Crippen LogP contribution in [0.5, 0.6) is 0 Å². The van der Waals surface area contributed by atoms with Gasteiger partial charge in [0.15, 0.2) is 0 Å². The highest BCUT2D eigenvalue weighted by Crippen LogP contribution is 1.94. The average molecular weight is 126 g/mol. The fourth-order valence-electron chi connectivity index (χ4n) is 0.480. The predicted molar refractivity (Wildman–Crippen MR) is 36.4 cm³/mol. The Morgan fingerprint density at radius 3 is 2.78 bits per heavy atom. The minimum Gasteiger partial charge on any atom is -0.466 e. The molecule has 0 saturated carbocycles. The van der Waals surface area contributed by atoms with Crippen LogP contribution in [0.1, 0.15) is 19.8 Å². The third kappa shape index (κ3) is 5.41. The quantitative estimate of drug-likeness (QED) is 0.413. The van der Waals surface area contributed by atoms with Crippen LogP contribution in [0.25, 0.3) is 0 Å². The van der Waals surface area contributed by atoms with Crippen molar-refractivity contribution in [1.82, 2.24) is 0 Å². The summed E-state index contributed by atoms with van der Waals surface area (Å²) in [4.78, 5) is 10.5. The van der Waals surface area contributed by atoms with Gasteiger partial charge in [-0.3, -0.25) is 4.79 Å². The molecule has 50 valence electrons. The molecule has 0 aromatic carbocycles. The standard InChI is InChI=1S/C6H11BO2/c1-2-9-6(8)4-3-5-7/h2-5H2,1H3. The average Bonchev–Trinajstić information content (AvgIpc) is 1.85. The third-order valence-electron chi connectivity index (χ3n) is 0.890. The van der Waals surface area contributed by atoms with Gasteiger partial charge in [0, 0.05) is 6.42 Å². The lowest BCUT2D eigenvalue weighted by atomic mass is 10.0. The van der Waals surface area contributed by atoms with E-state index in [1.165, 1.54) is 0 Å². The first-order valence-corrected chi connectivity index (χ1v) is 3.17. The third-order valence-corrected chi connectivity index (χ3v) is 0.890. The molecule has 9 heavy (non-hydrogen) atoms. The Balaban J connectivity index is 3.06. The predicted octanol–water partition coefficient (Wildman–Crippen LogP) is 0.916. The summed E-state index contributed by atoms with van der Waals surface area (Å²) in [6, 6.07) is 0. The van der Waals surface area contributed by atoms with Crippen molar-refractivity contribution in [3.05, 3.63) is 0 Å². The maximum Gasteiger partial charge on any atom is 0.305 e. The first-order chi connectivity index (χ1) is 4.31. The SMILES string of the molecule is [B]CCCC(=O)OCC. The van der Waals surface area contributed by atoms with Gasteiger partial charge in [0.2, 0.25) is 0 Å². The lowest BCUT2D eigenvalue weighted by Gasteiger charge is -1.98. The molecule has 0 saturated heterocycles. The molecule has 0 amide bonds. The molecule has 0 atom stereocenters. The lowest BCUT2D eigenvalue weighted by molar-refractivity contribution is -0.143. The fraction of sp³-hybridized carbons (Fsp3) is 0.833. The van der Waals surface area contributed by atoms with E-state index in [9.17, 15) is 4.79 Å². The molecule has 0 aromatic rings. The number of hydrogen-bond acceptors (Lipinski definition) is 2. The number of carbonyl (C=O) groups excluding carboxylic acids is 1. The molecule has 2 radical (unpaired) electrons. The fourth-order valence-corrected chi connectivity index (χ4v) is 0.480. The molecule has 0 unspecified atom stereocenters. The Labute approximate surface area is 57.0 Å². The molecular formula is C6H11BO2. The Kier molecular flexibility index (Phi) is 5.37. The van der Waals surface area contributed by atoms with Gasteiger partial charge in [-0.15, -0.1) is 0 Å². The summed E-state index contributed by atoms with van der Waals surface area (Å²) in [7, 11) is 5.17. The molecule has 0 spiro atoms. The smallest absolute Gasteiger partial charge is 0.305 e. The summed E-state index contributed by atoms with van der Waals surface area (Å²) in [6.07, 6.45) is 1.72. The van der Waals surface area contributed by atoms with Gasteiger partial charge in [-0.25, -0.2) is 0 Å². The summed E-state index contributed by atoms with van der Waals surface area (Å²) in [6.45, 7) is 2.25. The number of esters is 1. The summed E-state index contributed by atoms with van der Waals surface area (Å²) in [5.41, 5.74) is 0. The molecule has 0 aliphatic heterocycles. The van der Waals surface area contributed by atoms with Crippen molar-refractivity contribution in [2.45, 2.75) is 26.1 Å². The topological polar surface area (TPSA) is 26.3 Å². The summed E-state index contributed by atoms with van der Waals surface area (Å²) in [5, 5.41) is 0. The van der Waals surface area contributed by atoms with Gasteiger partial charge in [0.1, 0.15) is 0 Å². The van der Waals surface area contributed by atoms with Crippen LogP contribution >= 0.6 is 0 Å². The maximum atomic E-state index is 10.5. The van der Waals surface area contributed by atoms with Crippen molar-refractivity contribution in [3.8, 4) is 0 Å². The van der Waals surface area contributed by atoms with Gasteiger partial charge in [-0.2, -0.15) is 0 Å². The molecule has 0 aliphatic carbocycles. The summed E-state index contributed by atoms with van der Waals surface area (Å²) >= 11 is 0. The molecule has 0 aromatic heterocycles. The molecule has 0 fully saturated rings. The van der Waals surface area contributed by atoms with Crippen molar-refractivity contribution < 1.29 is 9.53 Å².